The average Bonchev–Trinajstić information content (AvgIpc) is 3.66. The van der Waals surface area contributed by atoms with E-state index in [2.05, 4.69) is 130 Å². The predicted octanol–water partition coefficient (Wildman–Crippen LogP) is 13.2. The monoisotopic (exact) mass is 1130 g/mol. The van der Waals surface area contributed by atoms with E-state index in [1.54, 1.807) is 13.0 Å². The molecule has 0 bridgehead atoms. The second-order valence-electron chi connectivity index (χ2n) is 18.7. The second-order valence-corrected chi connectivity index (χ2v) is 18.7. The number of nitriles is 1. The Labute approximate surface area is 472 Å². The van der Waals surface area contributed by atoms with Crippen molar-refractivity contribution in [3.8, 4) is 29.3 Å². The van der Waals surface area contributed by atoms with Crippen LogP contribution in [0.3, 0.4) is 0 Å². The summed E-state index contributed by atoms with van der Waals surface area (Å²) in [5.74, 6) is -1.62. The number of nitro benzene ring substituents is 2. The van der Waals surface area contributed by atoms with Gasteiger partial charge in [-0.2, -0.15) is 9.84 Å². The van der Waals surface area contributed by atoms with Gasteiger partial charge in [0.05, 0.1) is 21.8 Å². The van der Waals surface area contributed by atoms with Crippen molar-refractivity contribution >= 4 is 63.0 Å². The SMILES string of the molecule is CCCCn1c(O)c(N=Nc2cc([N+](=O)[O-])ccc2O)c(C)c(C#N)c1=O.CCN(CC)c1ccc(C=CC2=[N+](C)c3ccccc3C2(C)C)cc1.[C-]#[N+]c1c(C)c(N=Nc2cc([N+](=O)[O-])ccc2O)c(O)n(C(C)CC)c1=O.[Co]. The summed E-state index contributed by atoms with van der Waals surface area (Å²) in [6.45, 7) is 26.8. The van der Waals surface area contributed by atoms with Gasteiger partial charge in [0.25, 0.3) is 28.2 Å². The number of pyridine rings is 2. The molecule has 0 fully saturated rings. The number of non-ortho nitro benzene ring substituents is 2. The van der Waals surface area contributed by atoms with Crippen LogP contribution in [0.1, 0.15) is 102 Å². The summed E-state index contributed by atoms with van der Waals surface area (Å²) in [4.78, 5) is 50.8. The summed E-state index contributed by atoms with van der Waals surface area (Å²) in [5, 5.41) is 86.7. The molecule has 4 N–H and O–H groups in total. The Bertz CT molecular complexity index is 3620. The fraction of sp³-hybridized carbons (Fsp3) is 0.316. The molecule has 0 aliphatic carbocycles. The number of phenols is 2. The zero-order valence-electron chi connectivity index (χ0n) is 46.0. The standard InChI is InChI=1S/C23H29N2.2C17H17N5O5.Co/c1-6-25(7-2)19-15-12-18(13-16-19)14-17-22-23(3,4)20-10-8-9-11-21(20)24(22)5;1-5-9(2)21-16(24)14(18-4)10(3)15(17(21)25)20-19-12-8-11(22(26)27)6-7-13(12)23;1-3-4-7-21-16(24)12(9-18)10(2)15(17(21)25)20-19-13-8-11(22(26)27)5-6-14(13)23;/h8-17H,6-7H2,1-5H3;6-9,23,25H,5H2,1-3H3;5-6,8,23,25H,3-4,7H2,1-2H3;/q+1;;;. The van der Waals surface area contributed by atoms with Crippen LogP contribution in [-0.4, -0.2) is 69.8 Å². The van der Waals surface area contributed by atoms with E-state index >= 15 is 0 Å². The van der Waals surface area contributed by atoms with Gasteiger partial charge in [-0.25, -0.2) is 4.85 Å². The smallest absolute Gasteiger partial charge is 0.271 e. The predicted molar refractivity (Wildman–Crippen MR) is 302 cm³/mol. The van der Waals surface area contributed by atoms with E-state index in [-0.39, 0.29) is 96.7 Å². The molecule has 0 saturated carbocycles. The fourth-order valence-electron chi connectivity index (χ4n) is 8.67. The summed E-state index contributed by atoms with van der Waals surface area (Å²) in [5.41, 5.74) is 4.01. The van der Waals surface area contributed by atoms with Crippen molar-refractivity contribution in [2.45, 2.75) is 99.6 Å². The molecule has 1 radical (unpaired) electrons. The van der Waals surface area contributed by atoms with Crippen LogP contribution in [0, 0.1) is 52.0 Å². The van der Waals surface area contributed by atoms with Gasteiger partial charge in [-0.05, 0) is 103 Å². The molecule has 1 aliphatic heterocycles. The van der Waals surface area contributed by atoms with E-state index in [9.17, 15) is 55.5 Å². The van der Waals surface area contributed by atoms with Crippen LogP contribution < -0.4 is 16.0 Å². The molecule has 1 aliphatic rings. The van der Waals surface area contributed by atoms with E-state index in [4.69, 9.17) is 6.57 Å². The number of unbranched alkanes of at least 4 members (excludes halogenated alkanes) is 1. The van der Waals surface area contributed by atoms with E-state index in [0.717, 1.165) is 65.0 Å². The van der Waals surface area contributed by atoms with Gasteiger partial charge in [0, 0.05) is 95.7 Å². The molecule has 22 nitrogen and oxygen atoms in total. The van der Waals surface area contributed by atoms with E-state index in [1.807, 2.05) is 13.8 Å². The van der Waals surface area contributed by atoms with Crippen molar-refractivity contribution in [2.75, 3.05) is 25.0 Å². The number of hydrogen-bond acceptors (Lipinski definition) is 16. The first-order valence-electron chi connectivity index (χ1n) is 25.3. The van der Waals surface area contributed by atoms with Gasteiger partial charge in [0.15, 0.2) is 11.4 Å². The van der Waals surface area contributed by atoms with Crippen molar-refractivity contribution in [1.82, 2.24) is 9.13 Å². The molecule has 419 valence electrons. The topological polar surface area (TPSA) is 295 Å². The van der Waals surface area contributed by atoms with Crippen molar-refractivity contribution in [1.29, 1.82) is 5.26 Å². The van der Waals surface area contributed by atoms with Gasteiger partial charge in [-0.3, -0.25) is 39.0 Å². The third kappa shape index (κ3) is 13.9. The maximum Gasteiger partial charge on any atom is 0.271 e. The van der Waals surface area contributed by atoms with Gasteiger partial charge >= 0.3 is 0 Å². The molecule has 80 heavy (non-hydrogen) atoms. The molecular weight excluding hydrogens is 1070 g/mol. The molecule has 6 aromatic rings. The van der Waals surface area contributed by atoms with Crippen LogP contribution in [0.4, 0.5) is 51.2 Å². The second kappa shape index (κ2) is 27.8. The Morgan fingerprint density at radius 1 is 0.800 bits per heavy atom. The number of aromatic nitrogens is 2. The third-order valence-corrected chi connectivity index (χ3v) is 13.5. The minimum Gasteiger partial charge on any atom is -0.506 e. The van der Waals surface area contributed by atoms with Crippen LogP contribution in [0.2, 0.25) is 0 Å². The molecule has 4 aromatic carbocycles. The first-order chi connectivity index (χ1) is 37.5. The molecule has 1 unspecified atom stereocenters. The maximum absolute atomic E-state index is 12.4. The molecule has 0 saturated heterocycles. The summed E-state index contributed by atoms with van der Waals surface area (Å²) < 4.78 is 4.41. The minimum absolute atomic E-state index is 0. The number of anilines is 1. The number of nitro groups is 2. The summed E-state index contributed by atoms with van der Waals surface area (Å²) in [6, 6.07) is 25.4. The molecule has 0 spiro atoms. The molecule has 7 rings (SSSR count). The van der Waals surface area contributed by atoms with E-state index in [0.29, 0.717) is 12.8 Å². The van der Waals surface area contributed by atoms with Gasteiger partial charge in [0.2, 0.25) is 17.4 Å². The summed E-state index contributed by atoms with van der Waals surface area (Å²) >= 11 is 0. The number of allylic oxidation sites excluding steroid dienone is 1. The number of phenolic OH excluding ortho intramolecular Hbond substituents is 2. The number of azo groups is 2. The molecule has 3 heterocycles. The molecule has 1 atom stereocenters. The number of hydrogen-bond donors (Lipinski definition) is 4. The number of benzene rings is 4. The van der Waals surface area contributed by atoms with Crippen LogP contribution in [0.15, 0.2) is 121 Å². The summed E-state index contributed by atoms with van der Waals surface area (Å²) in [6.07, 6.45) is 6.39. The van der Waals surface area contributed by atoms with Crippen molar-refractivity contribution in [2.24, 2.45) is 20.5 Å². The fourth-order valence-corrected chi connectivity index (χ4v) is 8.67. The third-order valence-electron chi connectivity index (χ3n) is 13.5. The van der Waals surface area contributed by atoms with Crippen molar-refractivity contribution in [3.05, 3.63) is 171 Å². The van der Waals surface area contributed by atoms with Crippen LogP contribution in [0.5, 0.6) is 23.3 Å². The number of fused-ring (bicyclic) bond motifs is 1. The number of aromatic hydroxyl groups is 4. The van der Waals surface area contributed by atoms with Crippen molar-refractivity contribution < 1.29 is 51.6 Å². The quantitative estimate of drug-likeness (QED) is 0.0231. The number of rotatable bonds is 16. The molecule has 23 heteroatoms. The van der Waals surface area contributed by atoms with Crippen LogP contribution in [-0.2, 0) is 28.7 Å². The largest absolute Gasteiger partial charge is 0.506 e. The first-order valence-corrected chi connectivity index (χ1v) is 25.3. The zero-order valence-corrected chi connectivity index (χ0v) is 47.0. The average molecular weight is 1140 g/mol. The Morgan fingerprint density at radius 2 is 1.34 bits per heavy atom. The molecule has 2 aromatic heterocycles. The molecule has 0 amide bonds. The zero-order chi connectivity index (χ0) is 58.5. The van der Waals surface area contributed by atoms with Crippen LogP contribution in [0.25, 0.3) is 10.9 Å². The minimum atomic E-state index is -0.653. The van der Waals surface area contributed by atoms with Crippen LogP contribution >= 0.6 is 0 Å². The normalized spacial score (nSPS) is 12.7. The van der Waals surface area contributed by atoms with Gasteiger partial charge < -0.3 is 25.3 Å². The number of para-hydroxylation sites is 1. The Morgan fingerprint density at radius 3 is 1.81 bits per heavy atom. The van der Waals surface area contributed by atoms with Gasteiger partial charge in [-0.1, -0.05) is 50.6 Å². The Balaban J connectivity index is 0.000000257. The summed E-state index contributed by atoms with van der Waals surface area (Å²) in [7, 11) is 2.16. The van der Waals surface area contributed by atoms with E-state index < -0.39 is 38.8 Å². The van der Waals surface area contributed by atoms with Gasteiger partial charge in [0.1, 0.15) is 47.2 Å². The van der Waals surface area contributed by atoms with Crippen molar-refractivity contribution in [3.63, 3.8) is 0 Å². The Hall–Kier alpha value is -9.32. The Kier molecular flexibility index (Phi) is 22.0. The van der Waals surface area contributed by atoms with Gasteiger partial charge in [-0.15, -0.1) is 20.5 Å². The molecular formula is C57H63CoN12O10+. The van der Waals surface area contributed by atoms with E-state index in [1.165, 1.54) is 42.1 Å². The maximum atomic E-state index is 12.4. The number of nitrogens with zero attached hydrogens (tertiary/aromatic N) is 12. The first kappa shape index (κ1) is 63.2.